The summed E-state index contributed by atoms with van der Waals surface area (Å²) < 4.78 is 0. The fourth-order valence-electron chi connectivity index (χ4n) is 2.72. The van der Waals surface area contributed by atoms with E-state index in [0.717, 1.165) is 12.8 Å². The second-order valence-corrected chi connectivity index (χ2v) is 8.69. The quantitative estimate of drug-likeness (QED) is 0.0876. The van der Waals surface area contributed by atoms with Gasteiger partial charge >= 0.3 is 15.0 Å². The Labute approximate surface area is 193 Å². The molecule has 0 heterocycles. The summed E-state index contributed by atoms with van der Waals surface area (Å²) in [6.07, 6.45) is 20.7. The summed E-state index contributed by atoms with van der Waals surface area (Å²) in [6, 6.07) is 0. The van der Waals surface area contributed by atoms with Crippen molar-refractivity contribution in [3.8, 4) is 0 Å². The summed E-state index contributed by atoms with van der Waals surface area (Å²) in [5.74, 6) is -0.653. The Hall–Kier alpha value is -0.123. The molecule has 0 aromatic rings. The zero-order valence-electron chi connectivity index (χ0n) is 19.7. The Bertz CT molecular complexity index is 323. The molecule has 0 spiro atoms. The van der Waals surface area contributed by atoms with Gasteiger partial charge in [-0.05, 0) is 12.8 Å². The second kappa shape index (κ2) is 32.1. The van der Waals surface area contributed by atoms with Crippen molar-refractivity contribution >= 4 is 24.9 Å². The van der Waals surface area contributed by atoms with Crippen molar-refractivity contribution < 1.29 is 39.3 Å². The van der Waals surface area contributed by atoms with Crippen LogP contribution in [-0.2, 0) is 4.79 Å². The maximum absolute atomic E-state index is 10.3. The number of carboxylic acids is 1. The highest BCUT2D eigenvalue weighted by atomic mass is 31.0. The Morgan fingerprint density at radius 2 is 0.839 bits per heavy atom. The van der Waals surface area contributed by atoms with Crippen LogP contribution < -0.4 is 0 Å². The van der Waals surface area contributed by atoms with Crippen molar-refractivity contribution in [1.82, 2.24) is 0 Å². The minimum Gasteiger partial charge on any atom is -0.481 e. The van der Waals surface area contributed by atoms with Gasteiger partial charge in [0.1, 0.15) is 0 Å². The van der Waals surface area contributed by atoms with Crippen LogP contribution in [0, 0.1) is 0 Å². The summed E-state index contributed by atoms with van der Waals surface area (Å²) in [6.45, 7) is 2.46. The first-order valence-corrected chi connectivity index (χ1v) is 13.3. The maximum Gasteiger partial charge on any atom is 0.668 e. The molecule has 0 saturated carbocycles. The monoisotopic (exact) mass is 490 g/mol. The van der Waals surface area contributed by atoms with Crippen LogP contribution in [0.25, 0.3) is 0 Å². The minimum atomic E-state index is -4.61. The van der Waals surface area contributed by atoms with Gasteiger partial charge in [0.25, 0.3) is 0 Å². The van der Waals surface area contributed by atoms with Crippen LogP contribution in [0.1, 0.15) is 116 Å². The number of aliphatic hydroxyl groups is 2. The Morgan fingerprint density at radius 1 is 0.581 bits per heavy atom. The third-order valence-corrected chi connectivity index (χ3v) is 4.31. The van der Waals surface area contributed by atoms with Crippen LogP contribution in [0.3, 0.4) is 0 Å². The molecule has 0 aromatic carbocycles. The van der Waals surface area contributed by atoms with E-state index in [-0.39, 0.29) is 23.1 Å². The van der Waals surface area contributed by atoms with Crippen LogP contribution in [0.4, 0.5) is 0 Å². The third kappa shape index (κ3) is 65.2. The fourth-order valence-corrected chi connectivity index (χ4v) is 2.72. The largest absolute Gasteiger partial charge is 0.668 e. The Balaban J connectivity index is -0.000000275. The van der Waals surface area contributed by atoms with Crippen molar-refractivity contribution in [3.63, 3.8) is 0 Å². The van der Waals surface area contributed by atoms with Crippen LogP contribution in [0.15, 0.2) is 0 Å². The number of hydrogen-bond donors (Lipinski definition) is 7. The topological polar surface area (TPSA) is 159 Å². The van der Waals surface area contributed by atoms with E-state index in [1.807, 2.05) is 0 Å². The van der Waals surface area contributed by atoms with E-state index in [1.54, 1.807) is 0 Å². The maximum atomic E-state index is 10.3. The molecule has 0 aliphatic heterocycles. The molecule has 8 nitrogen and oxygen atoms in total. The number of rotatable bonds is 18. The van der Waals surface area contributed by atoms with Crippen LogP contribution in [0.2, 0.25) is 0 Å². The van der Waals surface area contributed by atoms with E-state index in [2.05, 4.69) is 6.92 Å². The molecule has 0 amide bonds. The molecule has 192 valence electrons. The molecule has 0 bridgehead atoms. The number of unbranched alkanes of at least 4 members (excludes halogenated alkanes) is 14. The van der Waals surface area contributed by atoms with Gasteiger partial charge in [-0.2, -0.15) is 9.90 Å². The van der Waals surface area contributed by atoms with Crippen molar-refractivity contribution in [2.75, 3.05) is 13.2 Å². The summed E-state index contributed by atoms with van der Waals surface area (Å²) in [4.78, 5) is 39.6. The van der Waals surface area contributed by atoms with E-state index in [4.69, 9.17) is 34.5 Å². The van der Waals surface area contributed by atoms with Gasteiger partial charge in [-0.15, -0.1) is 0 Å². The summed E-state index contributed by atoms with van der Waals surface area (Å²) >= 11 is 0. The number of hydrogen-bond acceptors (Lipinski definition) is 7. The first kappa shape index (κ1) is 38.2. The molecule has 0 aliphatic rings. The zero-order chi connectivity index (χ0) is 23.5. The molecule has 0 radical (unpaired) electrons. The lowest BCUT2D eigenvalue weighted by molar-refractivity contribution is -0.137. The first-order chi connectivity index (χ1) is 14.2. The lowest BCUT2D eigenvalue weighted by atomic mass is 10.0. The van der Waals surface area contributed by atoms with E-state index >= 15 is 0 Å². The van der Waals surface area contributed by atoms with Crippen molar-refractivity contribution in [2.24, 2.45) is 0 Å². The van der Waals surface area contributed by atoms with Crippen LogP contribution in [-0.4, -0.2) is 62.7 Å². The molecule has 7 N–H and O–H groups in total. The molecule has 1 atom stereocenters. The molecule has 0 saturated heterocycles. The van der Waals surface area contributed by atoms with E-state index in [9.17, 15) is 4.79 Å². The van der Waals surface area contributed by atoms with Gasteiger partial charge < -0.3 is 34.5 Å². The number of aliphatic carboxylic acids is 1. The molecule has 1 unspecified atom stereocenters. The second-order valence-electron chi connectivity index (χ2n) is 7.49. The molecule has 31 heavy (non-hydrogen) atoms. The van der Waals surface area contributed by atoms with Crippen LogP contribution >= 0.6 is 9.90 Å². The SMILES string of the molecule is CCCCCCCCCCCCCCCCCC(=O)O.OCCCO.O[Si](O)(O)O.P. The smallest absolute Gasteiger partial charge is 0.481 e. The number of carbonyl (C=O) groups is 1. The summed E-state index contributed by atoms with van der Waals surface area (Å²) in [7, 11) is -4.61. The number of carboxylic acid groups (broad SMARTS) is 1. The number of aliphatic hydroxyl groups excluding tert-OH is 2. The first-order valence-electron chi connectivity index (χ1n) is 11.5. The molecular weight excluding hydrogens is 439 g/mol. The van der Waals surface area contributed by atoms with Gasteiger partial charge in [0.05, 0.1) is 0 Å². The van der Waals surface area contributed by atoms with E-state index in [0.29, 0.717) is 12.8 Å². The Kier molecular flexibility index (Phi) is 39.5. The lowest BCUT2D eigenvalue weighted by Gasteiger charge is -2.03. The molecule has 10 heteroatoms. The molecular formula is C21H51O8PSi. The van der Waals surface area contributed by atoms with Crippen LogP contribution in [0.5, 0.6) is 0 Å². The van der Waals surface area contributed by atoms with E-state index in [1.165, 1.54) is 83.5 Å². The summed E-state index contributed by atoms with van der Waals surface area (Å²) in [5, 5.41) is 24.3. The highest BCUT2D eigenvalue weighted by molar-refractivity contribution is 6.92. The van der Waals surface area contributed by atoms with Gasteiger partial charge in [-0.1, -0.05) is 96.8 Å². The van der Waals surface area contributed by atoms with Crippen molar-refractivity contribution in [2.45, 2.75) is 116 Å². The lowest BCUT2D eigenvalue weighted by Crippen LogP contribution is -2.33. The fraction of sp³-hybridized carbons (Fsp3) is 0.952. The van der Waals surface area contributed by atoms with Gasteiger partial charge in [-0.25, -0.2) is 0 Å². The zero-order valence-corrected chi connectivity index (χ0v) is 22.1. The van der Waals surface area contributed by atoms with E-state index < -0.39 is 15.0 Å². The average molecular weight is 491 g/mol. The van der Waals surface area contributed by atoms with Gasteiger partial charge in [0.15, 0.2) is 0 Å². The van der Waals surface area contributed by atoms with Gasteiger partial charge in [-0.3, -0.25) is 4.79 Å². The minimum absolute atomic E-state index is 0. The normalized spacial score (nSPS) is 10.3. The predicted molar refractivity (Wildman–Crippen MR) is 132 cm³/mol. The molecule has 0 fully saturated rings. The highest BCUT2D eigenvalue weighted by Gasteiger charge is 2.22. The third-order valence-electron chi connectivity index (χ3n) is 4.31. The molecule has 0 rings (SSSR count). The van der Waals surface area contributed by atoms with Gasteiger partial charge in [0, 0.05) is 19.6 Å². The summed E-state index contributed by atoms with van der Waals surface area (Å²) in [5.41, 5.74) is 0. The standard InChI is InChI=1S/C18H36O2.C3H8O2.H4O4Si.H3P/c1-2-3-4-5-6-7-8-9-10-11-12-13-14-15-16-17-18(19)20;4-2-1-3-5;1-5(2,3)4;/h2-17H2,1H3,(H,19,20);4-5H,1-3H2;1-4H;1H3. The van der Waals surface area contributed by atoms with Crippen molar-refractivity contribution in [3.05, 3.63) is 0 Å². The van der Waals surface area contributed by atoms with Gasteiger partial charge in [0.2, 0.25) is 0 Å². The average Bonchev–Trinajstić information content (AvgIpc) is 2.64. The predicted octanol–water partition coefficient (Wildman–Crippen LogP) is 3.14. The highest BCUT2D eigenvalue weighted by Crippen LogP contribution is 2.13. The molecule has 0 aliphatic carbocycles. The van der Waals surface area contributed by atoms with Crippen molar-refractivity contribution in [1.29, 1.82) is 0 Å². The Morgan fingerprint density at radius 3 is 1.03 bits per heavy atom. The molecule has 0 aromatic heterocycles.